The predicted octanol–water partition coefficient (Wildman–Crippen LogP) is -0.367. The summed E-state index contributed by atoms with van der Waals surface area (Å²) in [6, 6.07) is 3.56. The average Bonchev–Trinajstić information content (AvgIpc) is 2.47. The van der Waals surface area contributed by atoms with E-state index in [0.29, 0.717) is 0 Å². The van der Waals surface area contributed by atoms with Crippen molar-refractivity contribution in [3.05, 3.63) is 28.3 Å². The minimum Gasteiger partial charge on any atom is -0.324 e. The number of nitrogens with zero attached hydrogens (tertiary/aromatic N) is 2. The molecule has 11 heteroatoms. The third kappa shape index (κ3) is 3.20. The second-order valence-corrected chi connectivity index (χ2v) is 7.94. The Morgan fingerprint density at radius 3 is 2.48 bits per heavy atom. The van der Waals surface area contributed by atoms with E-state index in [1.54, 1.807) is 0 Å². The number of nitrogens with two attached hydrogens (primary N) is 1. The lowest BCUT2D eigenvalue weighted by atomic mass is 10.3. The standard InChI is InChI=1S/C10H14N4O5S2/c11-12-8-1-2-10(9(7-8)14(15)16)21(18,19)13-3-5-20(17)6-4-13/h1-2,7,12H,3-6,11H2. The molecule has 9 nitrogen and oxygen atoms in total. The highest BCUT2D eigenvalue weighted by molar-refractivity contribution is 7.89. The van der Waals surface area contributed by atoms with Gasteiger partial charge < -0.3 is 5.43 Å². The molecule has 0 amide bonds. The summed E-state index contributed by atoms with van der Waals surface area (Å²) in [7, 11) is -5.04. The molecule has 0 aromatic heterocycles. The van der Waals surface area contributed by atoms with E-state index < -0.39 is 31.4 Å². The van der Waals surface area contributed by atoms with Gasteiger partial charge >= 0.3 is 0 Å². The van der Waals surface area contributed by atoms with Crippen LogP contribution in [0.5, 0.6) is 0 Å². The maximum absolute atomic E-state index is 12.5. The molecule has 116 valence electrons. The number of hydrogen-bond acceptors (Lipinski definition) is 7. The van der Waals surface area contributed by atoms with Crippen LogP contribution in [-0.2, 0) is 20.8 Å². The van der Waals surface area contributed by atoms with Gasteiger partial charge in [0.15, 0.2) is 4.90 Å². The van der Waals surface area contributed by atoms with Crippen molar-refractivity contribution in [1.29, 1.82) is 0 Å². The van der Waals surface area contributed by atoms with Crippen LogP contribution in [0.2, 0.25) is 0 Å². The SMILES string of the molecule is NNc1ccc(S(=O)(=O)N2CCS(=O)CC2)c([N+](=O)[O-])c1. The molecule has 0 radical (unpaired) electrons. The smallest absolute Gasteiger partial charge is 0.291 e. The van der Waals surface area contributed by atoms with E-state index in [9.17, 15) is 22.7 Å². The Labute approximate surface area is 123 Å². The van der Waals surface area contributed by atoms with E-state index in [-0.39, 0.29) is 35.2 Å². The van der Waals surface area contributed by atoms with Gasteiger partial charge in [-0.2, -0.15) is 4.31 Å². The first-order valence-corrected chi connectivity index (χ1v) is 8.89. The molecule has 0 atom stereocenters. The van der Waals surface area contributed by atoms with Crippen LogP contribution >= 0.6 is 0 Å². The second-order valence-electron chi connectivity index (χ2n) is 4.34. The topological polar surface area (TPSA) is 136 Å². The largest absolute Gasteiger partial charge is 0.324 e. The van der Waals surface area contributed by atoms with Crippen molar-refractivity contribution < 1.29 is 17.6 Å². The lowest BCUT2D eigenvalue weighted by Gasteiger charge is -2.25. The first-order chi connectivity index (χ1) is 9.86. The van der Waals surface area contributed by atoms with E-state index in [1.165, 1.54) is 6.07 Å². The number of anilines is 1. The Balaban J connectivity index is 2.44. The molecule has 1 aromatic carbocycles. The van der Waals surface area contributed by atoms with E-state index in [4.69, 9.17) is 5.84 Å². The van der Waals surface area contributed by atoms with Crippen molar-refractivity contribution in [1.82, 2.24) is 4.31 Å². The van der Waals surface area contributed by atoms with E-state index in [1.807, 2.05) is 0 Å². The highest BCUT2D eigenvalue weighted by Crippen LogP contribution is 2.29. The zero-order valence-electron chi connectivity index (χ0n) is 10.9. The van der Waals surface area contributed by atoms with Crippen LogP contribution in [0.15, 0.2) is 23.1 Å². The summed E-state index contributed by atoms with van der Waals surface area (Å²) >= 11 is 0. The number of benzene rings is 1. The van der Waals surface area contributed by atoms with Gasteiger partial charge in [-0.1, -0.05) is 0 Å². The van der Waals surface area contributed by atoms with Crippen LogP contribution in [0.1, 0.15) is 0 Å². The normalized spacial score (nSPS) is 17.6. The summed E-state index contributed by atoms with van der Waals surface area (Å²) in [6.45, 7) is 0.173. The van der Waals surface area contributed by atoms with Crippen LogP contribution < -0.4 is 11.3 Å². The van der Waals surface area contributed by atoms with Crippen LogP contribution in [-0.4, -0.2) is 46.5 Å². The first-order valence-electron chi connectivity index (χ1n) is 5.96. The van der Waals surface area contributed by atoms with Gasteiger partial charge in [-0.15, -0.1) is 0 Å². The van der Waals surface area contributed by atoms with Gasteiger partial charge in [0.05, 0.1) is 10.6 Å². The van der Waals surface area contributed by atoms with Crippen molar-refractivity contribution in [3.63, 3.8) is 0 Å². The lowest BCUT2D eigenvalue weighted by molar-refractivity contribution is -0.387. The summed E-state index contributed by atoms with van der Waals surface area (Å²) in [6.07, 6.45) is 0. The van der Waals surface area contributed by atoms with Crippen LogP contribution in [0.3, 0.4) is 0 Å². The summed E-state index contributed by atoms with van der Waals surface area (Å²) in [5.41, 5.74) is 1.93. The highest BCUT2D eigenvalue weighted by Gasteiger charge is 2.33. The molecule has 1 aliphatic heterocycles. The van der Waals surface area contributed by atoms with Gasteiger partial charge in [0.2, 0.25) is 10.0 Å². The number of nitrogen functional groups attached to an aromatic ring is 1. The summed E-state index contributed by atoms with van der Waals surface area (Å²) in [5, 5.41) is 11.1. The molecule has 0 aliphatic carbocycles. The Morgan fingerprint density at radius 2 is 1.95 bits per heavy atom. The third-order valence-electron chi connectivity index (χ3n) is 3.08. The second kappa shape index (κ2) is 6.05. The molecular weight excluding hydrogens is 320 g/mol. The summed E-state index contributed by atoms with van der Waals surface area (Å²) in [5.74, 6) is 5.63. The van der Waals surface area contributed by atoms with Crippen molar-refractivity contribution in [3.8, 4) is 0 Å². The molecule has 0 spiro atoms. The molecule has 1 fully saturated rings. The van der Waals surface area contributed by atoms with E-state index in [2.05, 4.69) is 5.43 Å². The molecular formula is C10H14N4O5S2. The molecule has 3 N–H and O–H groups in total. The van der Waals surface area contributed by atoms with Gasteiger partial charge in [0.1, 0.15) is 0 Å². The number of hydrogen-bond donors (Lipinski definition) is 2. The molecule has 1 heterocycles. The predicted molar refractivity (Wildman–Crippen MR) is 77.5 cm³/mol. The van der Waals surface area contributed by atoms with Gasteiger partial charge in [-0.3, -0.25) is 20.2 Å². The molecule has 21 heavy (non-hydrogen) atoms. The molecule has 1 saturated heterocycles. The first kappa shape index (κ1) is 15.8. The zero-order valence-corrected chi connectivity index (χ0v) is 12.5. The van der Waals surface area contributed by atoms with Gasteiger partial charge in [0, 0.05) is 41.5 Å². The number of rotatable bonds is 4. The molecule has 2 rings (SSSR count). The third-order valence-corrected chi connectivity index (χ3v) is 6.30. The summed E-state index contributed by atoms with van der Waals surface area (Å²) < 4.78 is 37.4. The molecule has 0 unspecified atom stereocenters. The number of nitrogens with one attached hydrogen (secondary N) is 1. The molecule has 1 aromatic rings. The minimum atomic E-state index is -4.00. The van der Waals surface area contributed by atoms with E-state index in [0.717, 1.165) is 16.4 Å². The van der Waals surface area contributed by atoms with Gasteiger partial charge in [-0.25, -0.2) is 8.42 Å². The Hall–Kier alpha value is -1.56. The van der Waals surface area contributed by atoms with Gasteiger partial charge in [-0.05, 0) is 12.1 Å². The Kier molecular flexibility index (Phi) is 4.56. The average molecular weight is 334 g/mol. The van der Waals surface area contributed by atoms with Gasteiger partial charge in [0.25, 0.3) is 5.69 Å². The molecule has 1 aliphatic rings. The van der Waals surface area contributed by atoms with Crippen LogP contribution in [0.25, 0.3) is 0 Å². The Bertz CT molecular complexity index is 681. The van der Waals surface area contributed by atoms with Crippen LogP contribution in [0, 0.1) is 10.1 Å². The number of hydrazine groups is 1. The maximum atomic E-state index is 12.5. The van der Waals surface area contributed by atoms with Crippen LogP contribution in [0.4, 0.5) is 11.4 Å². The Morgan fingerprint density at radius 1 is 1.33 bits per heavy atom. The maximum Gasteiger partial charge on any atom is 0.291 e. The molecule has 0 saturated carbocycles. The van der Waals surface area contributed by atoms with E-state index >= 15 is 0 Å². The number of sulfonamides is 1. The minimum absolute atomic E-state index is 0.0863. The lowest BCUT2D eigenvalue weighted by Crippen LogP contribution is -2.41. The summed E-state index contributed by atoms with van der Waals surface area (Å²) in [4.78, 5) is 9.92. The fourth-order valence-electron chi connectivity index (χ4n) is 1.97. The number of nitro groups is 1. The van der Waals surface area contributed by atoms with Crippen molar-refractivity contribution in [2.75, 3.05) is 30.0 Å². The monoisotopic (exact) mass is 334 g/mol. The zero-order chi connectivity index (χ0) is 15.6. The van der Waals surface area contributed by atoms with Crippen molar-refractivity contribution >= 4 is 32.2 Å². The van der Waals surface area contributed by atoms with Crippen molar-refractivity contribution in [2.24, 2.45) is 5.84 Å². The fraction of sp³-hybridized carbons (Fsp3) is 0.400. The van der Waals surface area contributed by atoms with Crippen molar-refractivity contribution in [2.45, 2.75) is 4.90 Å². The molecule has 0 bridgehead atoms. The highest BCUT2D eigenvalue weighted by atomic mass is 32.2. The fourth-order valence-corrected chi connectivity index (χ4v) is 4.83. The quantitative estimate of drug-likeness (QED) is 0.435. The number of nitro benzene ring substituents is 1.